The van der Waals surface area contributed by atoms with Crippen LogP contribution >= 0.6 is 0 Å². The lowest BCUT2D eigenvalue weighted by molar-refractivity contribution is 0.199. The lowest BCUT2D eigenvalue weighted by Gasteiger charge is -2.33. The van der Waals surface area contributed by atoms with Crippen molar-refractivity contribution in [3.63, 3.8) is 0 Å². The molecule has 1 heterocycles. The first kappa shape index (κ1) is 11.4. The van der Waals surface area contributed by atoms with Gasteiger partial charge < -0.3 is 5.32 Å². The standard InChI is InChI=1S/C13H26N2/c1-3-8-15(13-4-5-13)10-12-9-11(2)6-7-14-12/h11-14H,3-10H2,1-2H3. The Kier molecular flexibility index (Phi) is 4.04. The molecule has 2 rings (SSSR count). The largest absolute Gasteiger partial charge is 0.313 e. The molecular weight excluding hydrogens is 184 g/mol. The molecule has 15 heavy (non-hydrogen) atoms. The molecule has 2 heteroatoms. The lowest BCUT2D eigenvalue weighted by Crippen LogP contribution is -2.46. The molecule has 2 nitrogen and oxygen atoms in total. The number of rotatable bonds is 5. The molecule has 2 aliphatic rings. The average molecular weight is 210 g/mol. The molecule has 1 aliphatic heterocycles. The highest BCUT2D eigenvalue weighted by Crippen LogP contribution is 2.28. The van der Waals surface area contributed by atoms with Gasteiger partial charge in [0.15, 0.2) is 0 Å². The third-order valence-corrected chi connectivity index (χ3v) is 3.79. The van der Waals surface area contributed by atoms with Gasteiger partial charge in [0.1, 0.15) is 0 Å². The van der Waals surface area contributed by atoms with Crippen LogP contribution in [0, 0.1) is 5.92 Å². The Morgan fingerprint density at radius 1 is 1.27 bits per heavy atom. The zero-order valence-corrected chi connectivity index (χ0v) is 10.3. The molecule has 1 N–H and O–H groups in total. The van der Waals surface area contributed by atoms with Crippen LogP contribution < -0.4 is 5.32 Å². The van der Waals surface area contributed by atoms with E-state index in [0.29, 0.717) is 0 Å². The van der Waals surface area contributed by atoms with E-state index in [2.05, 4.69) is 24.1 Å². The topological polar surface area (TPSA) is 15.3 Å². The first-order valence-corrected chi connectivity index (χ1v) is 6.77. The highest BCUT2D eigenvalue weighted by Gasteiger charge is 2.30. The number of piperidine rings is 1. The highest BCUT2D eigenvalue weighted by molar-refractivity contribution is 4.88. The quantitative estimate of drug-likeness (QED) is 0.749. The Bertz CT molecular complexity index is 189. The minimum absolute atomic E-state index is 0.765. The smallest absolute Gasteiger partial charge is 0.0197 e. The maximum absolute atomic E-state index is 3.68. The molecule has 0 bridgehead atoms. The van der Waals surface area contributed by atoms with E-state index in [1.807, 2.05) is 0 Å². The van der Waals surface area contributed by atoms with E-state index in [1.165, 1.54) is 51.7 Å². The van der Waals surface area contributed by atoms with Crippen LogP contribution in [0.1, 0.15) is 46.0 Å². The van der Waals surface area contributed by atoms with Crippen molar-refractivity contribution in [1.29, 1.82) is 0 Å². The number of nitrogens with zero attached hydrogens (tertiary/aromatic N) is 1. The second-order valence-electron chi connectivity index (χ2n) is 5.51. The summed E-state index contributed by atoms with van der Waals surface area (Å²) >= 11 is 0. The SMILES string of the molecule is CCCN(CC1CC(C)CCN1)C1CC1. The Balaban J connectivity index is 1.77. The Morgan fingerprint density at radius 3 is 2.67 bits per heavy atom. The van der Waals surface area contributed by atoms with Gasteiger partial charge in [-0.3, -0.25) is 4.90 Å². The van der Waals surface area contributed by atoms with Crippen LogP contribution in [-0.4, -0.2) is 36.6 Å². The minimum Gasteiger partial charge on any atom is -0.313 e. The molecule has 0 aromatic rings. The van der Waals surface area contributed by atoms with Crippen molar-refractivity contribution in [3.8, 4) is 0 Å². The van der Waals surface area contributed by atoms with Gasteiger partial charge >= 0.3 is 0 Å². The van der Waals surface area contributed by atoms with E-state index in [-0.39, 0.29) is 0 Å². The summed E-state index contributed by atoms with van der Waals surface area (Å²) in [6, 6.07) is 1.70. The minimum atomic E-state index is 0.765. The van der Waals surface area contributed by atoms with Crippen molar-refractivity contribution < 1.29 is 0 Å². The van der Waals surface area contributed by atoms with Gasteiger partial charge in [-0.25, -0.2) is 0 Å². The molecule has 2 fully saturated rings. The fourth-order valence-electron chi connectivity index (χ4n) is 2.79. The van der Waals surface area contributed by atoms with Gasteiger partial charge in [-0.15, -0.1) is 0 Å². The molecule has 0 aromatic heterocycles. The third-order valence-electron chi connectivity index (χ3n) is 3.79. The van der Waals surface area contributed by atoms with Crippen molar-refractivity contribution in [3.05, 3.63) is 0 Å². The van der Waals surface area contributed by atoms with Crippen LogP contribution in [0.5, 0.6) is 0 Å². The fraction of sp³-hybridized carbons (Fsp3) is 1.00. The Morgan fingerprint density at radius 2 is 2.07 bits per heavy atom. The molecule has 0 aromatic carbocycles. The van der Waals surface area contributed by atoms with Crippen LogP contribution in [0.2, 0.25) is 0 Å². The van der Waals surface area contributed by atoms with Gasteiger partial charge in [-0.1, -0.05) is 13.8 Å². The first-order chi connectivity index (χ1) is 7.29. The summed E-state index contributed by atoms with van der Waals surface area (Å²) in [6.45, 7) is 8.53. The summed E-state index contributed by atoms with van der Waals surface area (Å²) in [5.41, 5.74) is 0. The van der Waals surface area contributed by atoms with Crippen LogP contribution in [-0.2, 0) is 0 Å². The number of hydrogen-bond acceptors (Lipinski definition) is 2. The lowest BCUT2D eigenvalue weighted by atomic mass is 9.94. The van der Waals surface area contributed by atoms with Crippen molar-refractivity contribution in [2.24, 2.45) is 5.92 Å². The average Bonchev–Trinajstić information content (AvgIpc) is 3.00. The highest BCUT2D eigenvalue weighted by atomic mass is 15.2. The van der Waals surface area contributed by atoms with Crippen molar-refractivity contribution >= 4 is 0 Å². The number of nitrogens with one attached hydrogen (secondary N) is 1. The van der Waals surface area contributed by atoms with Gasteiger partial charge in [0.25, 0.3) is 0 Å². The molecule has 1 aliphatic carbocycles. The molecule has 0 radical (unpaired) electrons. The van der Waals surface area contributed by atoms with Crippen molar-refractivity contribution in [1.82, 2.24) is 10.2 Å². The number of hydrogen-bond donors (Lipinski definition) is 1. The second kappa shape index (κ2) is 5.31. The monoisotopic (exact) mass is 210 g/mol. The summed E-state index contributed by atoms with van der Waals surface area (Å²) in [4.78, 5) is 2.72. The molecule has 2 unspecified atom stereocenters. The summed E-state index contributed by atoms with van der Waals surface area (Å²) in [5.74, 6) is 0.930. The maximum atomic E-state index is 3.68. The van der Waals surface area contributed by atoms with Crippen molar-refractivity contribution in [2.75, 3.05) is 19.6 Å². The van der Waals surface area contributed by atoms with E-state index in [0.717, 1.165) is 18.0 Å². The van der Waals surface area contributed by atoms with E-state index < -0.39 is 0 Å². The predicted molar refractivity (Wildman–Crippen MR) is 65.1 cm³/mol. The molecule has 1 saturated heterocycles. The van der Waals surface area contributed by atoms with Crippen LogP contribution in [0.15, 0.2) is 0 Å². The van der Waals surface area contributed by atoms with Gasteiger partial charge in [0.2, 0.25) is 0 Å². The summed E-state index contributed by atoms with van der Waals surface area (Å²) in [5, 5.41) is 3.68. The van der Waals surface area contributed by atoms with Gasteiger partial charge in [-0.2, -0.15) is 0 Å². The maximum Gasteiger partial charge on any atom is 0.0197 e. The predicted octanol–water partition coefficient (Wildman–Crippen LogP) is 2.25. The normalized spacial score (nSPS) is 32.2. The summed E-state index contributed by atoms with van der Waals surface area (Å²) < 4.78 is 0. The first-order valence-electron chi connectivity index (χ1n) is 6.77. The zero-order chi connectivity index (χ0) is 10.7. The molecule has 0 spiro atoms. The van der Waals surface area contributed by atoms with E-state index in [1.54, 1.807) is 0 Å². The zero-order valence-electron chi connectivity index (χ0n) is 10.3. The van der Waals surface area contributed by atoms with E-state index >= 15 is 0 Å². The molecule has 0 amide bonds. The molecule has 2 atom stereocenters. The van der Waals surface area contributed by atoms with Crippen LogP contribution in [0.3, 0.4) is 0 Å². The second-order valence-corrected chi connectivity index (χ2v) is 5.51. The molecule has 1 saturated carbocycles. The third kappa shape index (κ3) is 3.46. The van der Waals surface area contributed by atoms with E-state index in [4.69, 9.17) is 0 Å². The fourth-order valence-corrected chi connectivity index (χ4v) is 2.79. The Hall–Kier alpha value is -0.0800. The van der Waals surface area contributed by atoms with Crippen LogP contribution in [0.4, 0.5) is 0 Å². The van der Waals surface area contributed by atoms with Gasteiger partial charge in [-0.05, 0) is 51.1 Å². The van der Waals surface area contributed by atoms with Gasteiger partial charge in [0, 0.05) is 18.6 Å². The van der Waals surface area contributed by atoms with Crippen LogP contribution in [0.25, 0.3) is 0 Å². The molecule has 88 valence electrons. The van der Waals surface area contributed by atoms with Crippen molar-refractivity contribution in [2.45, 2.75) is 58.0 Å². The molecular formula is C13H26N2. The van der Waals surface area contributed by atoms with Gasteiger partial charge in [0.05, 0.1) is 0 Å². The van der Waals surface area contributed by atoms with E-state index in [9.17, 15) is 0 Å². The summed E-state index contributed by atoms with van der Waals surface area (Å²) in [7, 11) is 0. The summed E-state index contributed by atoms with van der Waals surface area (Å²) in [6.07, 6.45) is 6.95. The Labute approximate surface area is 94.4 Å².